The summed E-state index contributed by atoms with van der Waals surface area (Å²) in [6.07, 6.45) is 0. The normalized spacial score (nSPS) is 14.9. The molecule has 0 bridgehead atoms. The van der Waals surface area contributed by atoms with Crippen LogP contribution in [0.4, 0.5) is 0 Å². The lowest BCUT2D eigenvalue weighted by Gasteiger charge is -2.34. The number of hydrogen-bond acceptors (Lipinski definition) is 3. The molecule has 0 saturated heterocycles. The van der Waals surface area contributed by atoms with Crippen LogP contribution in [-0.2, 0) is 13.6 Å². The first-order valence-electron chi connectivity index (χ1n) is 7.60. The Balaban J connectivity index is 5.60. The first-order chi connectivity index (χ1) is 8.94. The second-order valence-electron chi connectivity index (χ2n) is 9.22. The third kappa shape index (κ3) is 8.63. The molecular weight excluding hydrogens is 312 g/mol. The summed E-state index contributed by atoms with van der Waals surface area (Å²) in [6.45, 7) is 23.1. The quantitative estimate of drug-likeness (QED) is 0.501. The highest BCUT2D eigenvalue weighted by molar-refractivity contribution is 6.81. The van der Waals surface area contributed by atoms with Gasteiger partial charge in [0.1, 0.15) is 5.41 Å². The molecule has 0 amide bonds. The van der Waals surface area contributed by atoms with E-state index in [1.54, 1.807) is 0 Å². The predicted molar refractivity (Wildman–Crippen MR) is 99.1 cm³/mol. The smallest absolute Gasteiger partial charge is 0.305 e. The van der Waals surface area contributed by atoms with E-state index in [9.17, 15) is 4.79 Å². The van der Waals surface area contributed by atoms with Crippen molar-refractivity contribution in [1.29, 1.82) is 0 Å². The number of hydrogen-bond donors (Lipinski definition) is 0. The average Bonchev–Trinajstić information content (AvgIpc) is 2.08. The highest BCUT2D eigenvalue weighted by Crippen LogP contribution is 2.33. The van der Waals surface area contributed by atoms with Gasteiger partial charge < -0.3 is 8.85 Å². The zero-order valence-electron chi connectivity index (χ0n) is 15.8. The fraction of sp³-hybridized carbons (Fsp3) is 0.800. The SMILES string of the molecule is CC(C)(C(=O)O[Si](C)(C)C)/C(=C/[Si](C)(C)C)O[Si](C)(C)C. The predicted octanol–water partition coefficient (Wildman–Crippen LogP) is 5.00. The third-order valence-electron chi connectivity index (χ3n) is 2.51. The molecule has 0 heterocycles. The molecule has 21 heavy (non-hydrogen) atoms. The zero-order valence-corrected chi connectivity index (χ0v) is 18.8. The summed E-state index contributed by atoms with van der Waals surface area (Å²) in [4.78, 5) is 12.6. The van der Waals surface area contributed by atoms with Gasteiger partial charge in [0.2, 0.25) is 16.6 Å². The molecule has 0 aliphatic carbocycles. The van der Waals surface area contributed by atoms with Gasteiger partial charge in [-0.25, -0.2) is 0 Å². The second-order valence-corrected chi connectivity index (χ2v) is 23.1. The first kappa shape index (κ1) is 20.7. The summed E-state index contributed by atoms with van der Waals surface area (Å²) >= 11 is 0. The molecule has 0 radical (unpaired) electrons. The minimum atomic E-state index is -1.90. The van der Waals surface area contributed by atoms with Crippen molar-refractivity contribution in [1.82, 2.24) is 0 Å². The minimum Gasteiger partial charge on any atom is -0.547 e. The van der Waals surface area contributed by atoms with Crippen LogP contribution in [0, 0.1) is 5.41 Å². The van der Waals surface area contributed by atoms with Gasteiger partial charge in [0.15, 0.2) is 0 Å². The topological polar surface area (TPSA) is 35.5 Å². The maximum atomic E-state index is 12.6. The summed E-state index contributed by atoms with van der Waals surface area (Å²) in [5.74, 6) is 0.647. The maximum absolute atomic E-state index is 12.6. The largest absolute Gasteiger partial charge is 0.547 e. The number of carbonyl (C=O) groups is 1. The molecule has 0 aliphatic rings. The monoisotopic (exact) mass is 346 g/mol. The van der Waals surface area contributed by atoms with Crippen LogP contribution in [0.15, 0.2) is 11.5 Å². The van der Waals surface area contributed by atoms with Crippen LogP contribution in [0.1, 0.15) is 13.8 Å². The first-order valence-corrected chi connectivity index (χ1v) is 18.0. The molecule has 0 rings (SSSR count). The molecule has 0 aliphatic heterocycles. The van der Waals surface area contributed by atoms with Crippen molar-refractivity contribution in [2.24, 2.45) is 5.41 Å². The van der Waals surface area contributed by atoms with Gasteiger partial charge in [-0.2, -0.15) is 0 Å². The van der Waals surface area contributed by atoms with Gasteiger partial charge in [0.05, 0.1) is 13.8 Å². The van der Waals surface area contributed by atoms with E-state index in [0.717, 1.165) is 5.76 Å². The van der Waals surface area contributed by atoms with Gasteiger partial charge in [0, 0.05) is 0 Å². The Hall–Kier alpha value is -0.339. The summed E-state index contributed by atoms with van der Waals surface area (Å²) in [6, 6.07) is 0. The van der Waals surface area contributed by atoms with Gasteiger partial charge in [-0.3, -0.25) is 4.79 Å². The summed E-state index contributed by atoms with van der Waals surface area (Å²) in [5.41, 5.74) is 1.48. The fourth-order valence-corrected chi connectivity index (χ4v) is 4.68. The average molecular weight is 347 g/mol. The van der Waals surface area contributed by atoms with E-state index in [-0.39, 0.29) is 5.97 Å². The molecule has 6 heteroatoms. The molecule has 3 nitrogen and oxygen atoms in total. The summed E-state index contributed by atoms with van der Waals surface area (Å²) in [7, 11) is -5.18. The molecule has 0 aromatic heterocycles. The third-order valence-corrected chi connectivity index (χ3v) is 5.26. The van der Waals surface area contributed by atoms with Crippen molar-refractivity contribution in [3.63, 3.8) is 0 Å². The Morgan fingerprint density at radius 1 is 0.810 bits per heavy atom. The fourth-order valence-electron chi connectivity index (χ4n) is 1.57. The minimum absolute atomic E-state index is 0.163. The lowest BCUT2D eigenvalue weighted by atomic mass is 9.92. The van der Waals surface area contributed by atoms with Crippen molar-refractivity contribution < 1.29 is 13.6 Å². The highest BCUT2D eigenvalue weighted by atomic mass is 28.4. The molecule has 0 atom stereocenters. The molecule has 0 saturated carbocycles. The van der Waals surface area contributed by atoms with E-state index in [2.05, 4.69) is 45.0 Å². The van der Waals surface area contributed by atoms with Gasteiger partial charge in [0.25, 0.3) is 0 Å². The number of rotatable bonds is 6. The van der Waals surface area contributed by atoms with Crippen LogP contribution in [0.5, 0.6) is 0 Å². The van der Waals surface area contributed by atoms with Gasteiger partial charge in [-0.1, -0.05) is 25.3 Å². The lowest BCUT2D eigenvalue weighted by molar-refractivity contribution is -0.143. The van der Waals surface area contributed by atoms with Crippen molar-refractivity contribution in [2.75, 3.05) is 0 Å². The Morgan fingerprint density at radius 3 is 1.48 bits per heavy atom. The highest BCUT2D eigenvalue weighted by Gasteiger charge is 2.40. The molecular formula is C15H34O3Si3. The Kier molecular flexibility index (Phi) is 6.31. The van der Waals surface area contributed by atoms with E-state index in [4.69, 9.17) is 8.85 Å². The van der Waals surface area contributed by atoms with Crippen LogP contribution >= 0.6 is 0 Å². The molecule has 0 aromatic carbocycles. The molecule has 0 N–H and O–H groups in total. The summed E-state index contributed by atoms with van der Waals surface area (Å²) < 4.78 is 12.0. The summed E-state index contributed by atoms with van der Waals surface area (Å²) in [5, 5.41) is 0. The number of carbonyl (C=O) groups excluding carboxylic acids is 1. The van der Waals surface area contributed by atoms with E-state index in [1.807, 2.05) is 33.5 Å². The van der Waals surface area contributed by atoms with Crippen LogP contribution in [0.2, 0.25) is 58.9 Å². The Labute approximate surface area is 134 Å². The molecule has 0 fully saturated rings. The van der Waals surface area contributed by atoms with Crippen LogP contribution in [0.3, 0.4) is 0 Å². The maximum Gasteiger partial charge on any atom is 0.305 e. The van der Waals surface area contributed by atoms with Gasteiger partial charge in [-0.05, 0) is 53.1 Å². The van der Waals surface area contributed by atoms with E-state index >= 15 is 0 Å². The van der Waals surface area contributed by atoms with Crippen molar-refractivity contribution in [3.8, 4) is 0 Å². The van der Waals surface area contributed by atoms with Crippen molar-refractivity contribution in [3.05, 3.63) is 11.5 Å². The molecule has 0 aromatic rings. The second kappa shape index (κ2) is 6.42. The standard InChI is InChI=1S/C15H34O3Si3/c1-15(2,14(16)18-21(9,10)11)13(12-19(3,4)5)17-20(6,7)8/h12H,1-11H3/b13-12-. The van der Waals surface area contributed by atoms with Crippen LogP contribution in [-0.4, -0.2) is 30.7 Å². The van der Waals surface area contributed by atoms with Gasteiger partial charge in [-0.15, -0.1) is 0 Å². The molecule has 0 unspecified atom stereocenters. The van der Waals surface area contributed by atoms with Gasteiger partial charge >= 0.3 is 5.97 Å². The van der Waals surface area contributed by atoms with E-state index < -0.39 is 30.1 Å². The lowest BCUT2D eigenvalue weighted by Crippen LogP contribution is -2.41. The van der Waals surface area contributed by atoms with Crippen molar-refractivity contribution >= 4 is 30.7 Å². The van der Waals surface area contributed by atoms with Crippen LogP contribution in [0.25, 0.3) is 0 Å². The van der Waals surface area contributed by atoms with Crippen LogP contribution < -0.4 is 0 Å². The van der Waals surface area contributed by atoms with Crippen molar-refractivity contribution in [2.45, 2.75) is 72.8 Å². The van der Waals surface area contributed by atoms with E-state index in [1.165, 1.54) is 0 Å². The molecule has 0 spiro atoms. The Bertz CT molecular complexity index is 407. The molecule has 124 valence electrons. The van der Waals surface area contributed by atoms with E-state index in [0.29, 0.717) is 0 Å². The Morgan fingerprint density at radius 2 is 1.19 bits per heavy atom. The zero-order chi connectivity index (χ0) is 17.3.